The Labute approximate surface area is 73.5 Å². The lowest BCUT2D eigenvalue weighted by Gasteiger charge is -2.00. The lowest BCUT2D eigenvalue weighted by atomic mass is 10.4. The maximum Gasteiger partial charge on any atom is 0.171 e. The Hall–Kier alpha value is -1.29. The second-order valence-corrected chi connectivity index (χ2v) is 2.64. The van der Waals surface area contributed by atoms with Gasteiger partial charge in [-0.3, -0.25) is 5.10 Å². The van der Waals surface area contributed by atoms with E-state index in [1.54, 1.807) is 19.4 Å². The molecule has 0 aliphatic rings. The molecule has 5 heteroatoms. The number of nitrogens with zero attached hydrogens (tertiary/aromatic N) is 2. The van der Waals surface area contributed by atoms with Crippen molar-refractivity contribution in [3.63, 3.8) is 0 Å². The van der Waals surface area contributed by atoms with E-state index in [0.29, 0.717) is 10.9 Å². The van der Waals surface area contributed by atoms with Gasteiger partial charge in [-0.1, -0.05) is 11.6 Å². The first-order valence-electron chi connectivity index (χ1n) is 3.35. The van der Waals surface area contributed by atoms with Gasteiger partial charge in [-0.2, -0.15) is 5.10 Å². The Kier molecular flexibility index (Phi) is 1.62. The van der Waals surface area contributed by atoms with Gasteiger partial charge in [-0.05, 0) is 0 Å². The molecule has 0 aliphatic carbocycles. The van der Waals surface area contributed by atoms with Crippen LogP contribution in [0, 0.1) is 0 Å². The number of halogens is 1. The van der Waals surface area contributed by atoms with Crippen LogP contribution >= 0.6 is 11.6 Å². The molecule has 1 N–H and O–H groups in total. The molecule has 0 saturated carbocycles. The van der Waals surface area contributed by atoms with Crippen molar-refractivity contribution in [2.75, 3.05) is 7.11 Å². The zero-order chi connectivity index (χ0) is 8.55. The number of H-pyrrole nitrogens is 1. The van der Waals surface area contributed by atoms with Gasteiger partial charge < -0.3 is 4.74 Å². The molecule has 0 unspecified atom stereocenters. The molecule has 0 aromatic carbocycles. The minimum atomic E-state index is 0.353. The fourth-order valence-corrected chi connectivity index (χ4v) is 1.20. The summed E-state index contributed by atoms with van der Waals surface area (Å²) in [7, 11) is 1.55. The Morgan fingerprint density at radius 1 is 1.58 bits per heavy atom. The number of aromatic amines is 1. The normalized spacial score (nSPS) is 10.5. The lowest BCUT2D eigenvalue weighted by Crippen LogP contribution is -1.86. The molecule has 0 bridgehead atoms. The number of ether oxygens (including phenoxy) is 1. The van der Waals surface area contributed by atoms with Crippen molar-refractivity contribution in [2.24, 2.45) is 0 Å². The van der Waals surface area contributed by atoms with Crippen molar-refractivity contribution in [3.8, 4) is 5.75 Å². The van der Waals surface area contributed by atoms with Crippen molar-refractivity contribution >= 4 is 22.6 Å². The Bertz CT molecular complexity index is 412. The molecule has 0 fully saturated rings. The highest BCUT2D eigenvalue weighted by atomic mass is 35.5. The predicted molar refractivity (Wildman–Crippen MR) is 45.5 cm³/mol. The largest absolute Gasteiger partial charge is 0.493 e. The first kappa shape index (κ1) is 7.36. The molecule has 0 atom stereocenters. The van der Waals surface area contributed by atoms with E-state index in [9.17, 15) is 0 Å². The molecule has 2 rings (SSSR count). The van der Waals surface area contributed by atoms with E-state index < -0.39 is 0 Å². The summed E-state index contributed by atoms with van der Waals surface area (Å²) in [6, 6.07) is 1.76. The van der Waals surface area contributed by atoms with E-state index in [0.717, 1.165) is 11.0 Å². The maximum absolute atomic E-state index is 5.78. The van der Waals surface area contributed by atoms with E-state index in [-0.39, 0.29) is 0 Å². The van der Waals surface area contributed by atoms with Gasteiger partial charge >= 0.3 is 0 Å². The quantitative estimate of drug-likeness (QED) is 0.684. The zero-order valence-electron chi connectivity index (χ0n) is 6.34. The van der Waals surface area contributed by atoms with Gasteiger partial charge in [0.25, 0.3) is 0 Å². The maximum atomic E-state index is 5.78. The van der Waals surface area contributed by atoms with Gasteiger partial charge in [0.1, 0.15) is 5.52 Å². The summed E-state index contributed by atoms with van der Waals surface area (Å²) in [4.78, 5) is 4.05. The van der Waals surface area contributed by atoms with E-state index in [4.69, 9.17) is 16.3 Å². The molecule has 2 aromatic heterocycles. The first-order chi connectivity index (χ1) is 5.81. The monoisotopic (exact) mass is 183 g/mol. The number of rotatable bonds is 1. The molecule has 0 saturated heterocycles. The van der Waals surface area contributed by atoms with E-state index >= 15 is 0 Å². The smallest absolute Gasteiger partial charge is 0.171 e. The number of hydrogen-bond donors (Lipinski definition) is 1. The molecular weight excluding hydrogens is 178 g/mol. The molecule has 12 heavy (non-hydrogen) atoms. The first-order valence-corrected chi connectivity index (χ1v) is 3.72. The minimum Gasteiger partial charge on any atom is -0.493 e. The lowest BCUT2D eigenvalue weighted by molar-refractivity contribution is 0.414. The summed E-state index contributed by atoms with van der Waals surface area (Å²) in [6.07, 6.45) is 1.61. The number of pyridine rings is 1. The highest BCUT2D eigenvalue weighted by Gasteiger charge is 2.05. The van der Waals surface area contributed by atoms with Crippen LogP contribution in [0.4, 0.5) is 0 Å². The second-order valence-electron chi connectivity index (χ2n) is 2.28. The van der Waals surface area contributed by atoms with Crippen LogP contribution in [0.15, 0.2) is 12.3 Å². The van der Waals surface area contributed by atoms with Crippen molar-refractivity contribution in [2.45, 2.75) is 0 Å². The molecule has 2 aromatic rings. The highest BCUT2D eigenvalue weighted by Crippen LogP contribution is 2.24. The van der Waals surface area contributed by atoms with Gasteiger partial charge in [-0.25, -0.2) is 4.98 Å². The standard InChI is InChI=1S/C7H6ClN3O/c1-12-6-2-4-5(3-9-11-4)10-7(6)8/h2-3H,1H3,(H,9,11). The number of hydrogen-bond acceptors (Lipinski definition) is 3. The average molecular weight is 184 g/mol. The third-order valence-corrected chi connectivity index (χ3v) is 1.84. The van der Waals surface area contributed by atoms with Crippen LogP contribution in [-0.2, 0) is 0 Å². The van der Waals surface area contributed by atoms with Crippen molar-refractivity contribution in [1.29, 1.82) is 0 Å². The summed E-state index contributed by atoms with van der Waals surface area (Å²) < 4.78 is 4.98. The van der Waals surface area contributed by atoms with Crippen LogP contribution in [0.25, 0.3) is 11.0 Å². The summed E-state index contributed by atoms with van der Waals surface area (Å²) in [5.41, 5.74) is 1.55. The van der Waals surface area contributed by atoms with Crippen molar-refractivity contribution < 1.29 is 4.74 Å². The van der Waals surface area contributed by atoms with Crippen LogP contribution in [0.5, 0.6) is 5.75 Å². The van der Waals surface area contributed by atoms with Gasteiger partial charge in [0.15, 0.2) is 10.9 Å². The molecule has 4 nitrogen and oxygen atoms in total. The molecular formula is C7H6ClN3O. The van der Waals surface area contributed by atoms with Crippen LogP contribution in [0.1, 0.15) is 0 Å². The minimum absolute atomic E-state index is 0.353. The highest BCUT2D eigenvalue weighted by molar-refractivity contribution is 6.31. The van der Waals surface area contributed by atoms with Gasteiger partial charge in [0.2, 0.25) is 0 Å². The summed E-state index contributed by atoms with van der Waals surface area (Å²) in [6.45, 7) is 0. The number of methoxy groups -OCH3 is 1. The molecule has 0 spiro atoms. The average Bonchev–Trinajstić information content (AvgIpc) is 2.49. The third-order valence-electron chi connectivity index (χ3n) is 1.57. The molecule has 2 heterocycles. The third kappa shape index (κ3) is 1.00. The number of aromatic nitrogens is 3. The van der Waals surface area contributed by atoms with E-state index in [1.165, 1.54) is 0 Å². The van der Waals surface area contributed by atoms with Crippen molar-refractivity contribution in [1.82, 2.24) is 15.2 Å². The molecule has 0 amide bonds. The SMILES string of the molecule is COc1cc2[nH]ncc2nc1Cl. The van der Waals surface area contributed by atoms with Gasteiger partial charge in [-0.15, -0.1) is 0 Å². The van der Waals surface area contributed by atoms with Crippen LogP contribution in [0.3, 0.4) is 0 Å². The fourth-order valence-electron chi connectivity index (χ4n) is 0.980. The summed E-state index contributed by atoms with van der Waals surface area (Å²) in [5, 5.41) is 6.94. The Balaban J connectivity index is 2.73. The van der Waals surface area contributed by atoms with Crippen LogP contribution in [0.2, 0.25) is 5.15 Å². The number of fused-ring (bicyclic) bond motifs is 1. The Morgan fingerprint density at radius 2 is 2.42 bits per heavy atom. The molecule has 0 radical (unpaired) electrons. The fraction of sp³-hybridized carbons (Fsp3) is 0.143. The van der Waals surface area contributed by atoms with Gasteiger partial charge in [0, 0.05) is 6.07 Å². The summed E-state index contributed by atoms with van der Waals surface area (Å²) >= 11 is 5.78. The van der Waals surface area contributed by atoms with Crippen LogP contribution < -0.4 is 4.74 Å². The predicted octanol–water partition coefficient (Wildman–Crippen LogP) is 1.62. The van der Waals surface area contributed by atoms with Crippen LogP contribution in [-0.4, -0.2) is 22.3 Å². The molecule has 62 valence electrons. The molecule has 0 aliphatic heterocycles. The topological polar surface area (TPSA) is 50.8 Å². The summed E-state index contributed by atoms with van der Waals surface area (Å²) in [5.74, 6) is 0.549. The second kappa shape index (κ2) is 2.64. The number of nitrogens with one attached hydrogen (secondary N) is 1. The Morgan fingerprint density at radius 3 is 3.17 bits per heavy atom. The zero-order valence-corrected chi connectivity index (χ0v) is 7.09. The van der Waals surface area contributed by atoms with E-state index in [2.05, 4.69) is 15.2 Å². The van der Waals surface area contributed by atoms with Crippen molar-refractivity contribution in [3.05, 3.63) is 17.4 Å². The van der Waals surface area contributed by atoms with E-state index in [1.807, 2.05) is 0 Å². The van der Waals surface area contributed by atoms with Gasteiger partial charge in [0.05, 0.1) is 18.8 Å².